The molecule has 4 fully saturated rings. The van der Waals surface area contributed by atoms with Crippen molar-refractivity contribution in [1.29, 1.82) is 0 Å². The highest BCUT2D eigenvalue weighted by Gasteiger charge is 2.38. The number of likely N-dealkylation sites (tertiary alicyclic amines) is 1. The van der Waals surface area contributed by atoms with Gasteiger partial charge in [-0.2, -0.15) is 0 Å². The van der Waals surface area contributed by atoms with Crippen LogP contribution in [0.5, 0.6) is 0 Å². The summed E-state index contributed by atoms with van der Waals surface area (Å²) in [6, 6.07) is 1.04. The van der Waals surface area contributed by atoms with E-state index in [2.05, 4.69) is 15.5 Å². The van der Waals surface area contributed by atoms with E-state index in [1.54, 1.807) is 0 Å². The molecule has 2 N–H and O–H groups in total. The number of fused-ring (bicyclic) bond motifs is 1. The van der Waals surface area contributed by atoms with Crippen molar-refractivity contribution in [3.05, 3.63) is 0 Å². The third-order valence-corrected chi connectivity index (χ3v) is 6.65. The van der Waals surface area contributed by atoms with Crippen LogP contribution in [-0.4, -0.2) is 61.8 Å². The smallest absolute Gasteiger partial charge is 0.237 e. The van der Waals surface area contributed by atoms with Gasteiger partial charge in [0.15, 0.2) is 0 Å². The largest absolute Gasteiger partial charge is 0.381 e. The van der Waals surface area contributed by atoms with E-state index < -0.39 is 0 Å². The maximum Gasteiger partial charge on any atom is 0.237 e. The number of halogens is 2. The van der Waals surface area contributed by atoms with Crippen LogP contribution in [-0.2, 0) is 9.53 Å². The predicted molar refractivity (Wildman–Crippen MR) is 108 cm³/mol. The van der Waals surface area contributed by atoms with E-state index >= 15 is 0 Å². The summed E-state index contributed by atoms with van der Waals surface area (Å²) in [5.41, 5.74) is 0. The van der Waals surface area contributed by atoms with Gasteiger partial charge in [0.2, 0.25) is 5.91 Å². The Kier molecular flexibility index (Phi) is 8.95. The van der Waals surface area contributed by atoms with Gasteiger partial charge in [-0.15, -0.1) is 24.8 Å². The van der Waals surface area contributed by atoms with Gasteiger partial charge < -0.3 is 20.3 Å². The number of rotatable bonds is 4. The zero-order chi connectivity index (χ0) is 16.4. The van der Waals surface area contributed by atoms with Crippen molar-refractivity contribution in [2.75, 3.05) is 32.8 Å². The standard InChI is InChI=1S/C19H33N3O2.2ClH/c23-19(18-11-15-3-1-2-4-17(15)21-18)20-16-5-8-22(9-6-16)12-14-7-10-24-13-14;;/h14-18,21H,1-13H2,(H,20,23);2*1H. The number of piperidine rings is 1. The summed E-state index contributed by atoms with van der Waals surface area (Å²) >= 11 is 0. The lowest BCUT2D eigenvalue weighted by Crippen LogP contribution is -2.50. The fourth-order valence-electron chi connectivity index (χ4n) is 5.18. The Hall–Kier alpha value is -0.0700. The van der Waals surface area contributed by atoms with Crippen LogP contribution >= 0.6 is 24.8 Å². The molecule has 1 amide bonds. The van der Waals surface area contributed by atoms with Crippen LogP contribution in [0.1, 0.15) is 51.4 Å². The zero-order valence-electron chi connectivity index (χ0n) is 15.7. The van der Waals surface area contributed by atoms with Gasteiger partial charge in [-0.05, 0) is 50.4 Å². The lowest BCUT2D eigenvalue weighted by atomic mass is 9.85. The van der Waals surface area contributed by atoms with Gasteiger partial charge in [-0.3, -0.25) is 4.79 Å². The average Bonchev–Trinajstić information content (AvgIpc) is 3.25. The molecule has 3 aliphatic heterocycles. The summed E-state index contributed by atoms with van der Waals surface area (Å²) in [5.74, 6) is 1.72. The molecule has 0 radical (unpaired) electrons. The minimum atomic E-state index is 0. The van der Waals surface area contributed by atoms with E-state index in [-0.39, 0.29) is 36.8 Å². The van der Waals surface area contributed by atoms with Crippen molar-refractivity contribution >= 4 is 30.7 Å². The summed E-state index contributed by atoms with van der Waals surface area (Å²) in [7, 11) is 0. The molecule has 0 aromatic rings. The summed E-state index contributed by atoms with van der Waals surface area (Å²) in [5, 5.41) is 6.93. The van der Waals surface area contributed by atoms with Gasteiger partial charge in [0.05, 0.1) is 12.6 Å². The zero-order valence-corrected chi connectivity index (χ0v) is 17.3. The van der Waals surface area contributed by atoms with Gasteiger partial charge in [-0.25, -0.2) is 0 Å². The molecule has 26 heavy (non-hydrogen) atoms. The first-order chi connectivity index (χ1) is 11.8. The van der Waals surface area contributed by atoms with Gasteiger partial charge in [-0.1, -0.05) is 12.8 Å². The maximum absolute atomic E-state index is 12.6. The predicted octanol–water partition coefficient (Wildman–Crippen LogP) is 2.37. The van der Waals surface area contributed by atoms with Crippen molar-refractivity contribution in [3.63, 3.8) is 0 Å². The van der Waals surface area contributed by atoms with Gasteiger partial charge in [0, 0.05) is 38.3 Å². The fourth-order valence-corrected chi connectivity index (χ4v) is 5.18. The fraction of sp³-hybridized carbons (Fsp3) is 0.947. The lowest BCUT2D eigenvalue weighted by molar-refractivity contribution is -0.123. The van der Waals surface area contributed by atoms with Crippen LogP contribution in [0.25, 0.3) is 0 Å². The van der Waals surface area contributed by atoms with E-state index in [0.29, 0.717) is 12.1 Å². The van der Waals surface area contributed by atoms with Crippen LogP contribution in [0, 0.1) is 11.8 Å². The molecule has 0 spiro atoms. The molecule has 0 bridgehead atoms. The van der Waals surface area contributed by atoms with Crippen molar-refractivity contribution in [3.8, 4) is 0 Å². The second-order valence-electron chi connectivity index (χ2n) is 8.42. The van der Waals surface area contributed by atoms with Crippen LogP contribution in [0.3, 0.4) is 0 Å². The highest BCUT2D eigenvalue weighted by Crippen LogP contribution is 2.33. The Bertz CT molecular complexity index is 427. The first kappa shape index (κ1) is 22.2. The SMILES string of the molecule is Cl.Cl.O=C(NC1CCN(CC2CCOC2)CC1)C1CC2CCCCC2N1. The highest BCUT2D eigenvalue weighted by molar-refractivity contribution is 5.85. The Balaban J connectivity index is 0.00000121. The van der Waals surface area contributed by atoms with E-state index in [4.69, 9.17) is 4.74 Å². The minimum Gasteiger partial charge on any atom is -0.381 e. The molecule has 4 atom stereocenters. The monoisotopic (exact) mass is 407 g/mol. The number of hydrogen-bond acceptors (Lipinski definition) is 4. The highest BCUT2D eigenvalue weighted by atomic mass is 35.5. The molecule has 5 nitrogen and oxygen atoms in total. The van der Waals surface area contributed by atoms with E-state index in [1.807, 2.05) is 0 Å². The van der Waals surface area contributed by atoms with E-state index in [9.17, 15) is 4.79 Å². The number of amides is 1. The molecular formula is C19H35Cl2N3O2. The van der Waals surface area contributed by atoms with Crippen LogP contribution in [0.15, 0.2) is 0 Å². The normalized spacial score (nSPS) is 35.2. The van der Waals surface area contributed by atoms with Gasteiger partial charge >= 0.3 is 0 Å². The summed E-state index contributed by atoms with van der Waals surface area (Å²) in [6.07, 6.45) is 9.71. The molecule has 4 rings (SSSR count). The number of ether oxygens (including phenoxy) is 1. The Morgan fingerprint density at radius 1 is 1.08 bits per heavy atom. The topological polar surface area (TPSA) is 53.6 Å². The first-order valence-corrected chi connectivity index (χ1v) is 10.1. The van der Waals surface area contributed by atoms with Gasteiger partial charge in [0.25, 0.3) is 0 Å². The summed E-state index contributed by atoms with van der Waals surface area (Å²) < 4.78 is 5.48. The van der Waals surface area contributed by atoms with E-state index in [0.717, 1.165) is 57.4 Å². The Morgan fingerprint density at radius 2 is 1.85 bits per heavy atom. The van der Waals surface area contributed by atoms with Crippen LogP contribution in [0.4, 0.5) is 0 Å². The van der Waals surface area contributed by atoms with Crippen molar-refractivity contribution in [2.24, 2.45) is 11.8 Å². The number of carbonyl (C=O) groups is 1. The second kappa shape index (κ2) is 10.5. The van der Waals surface area contributed by atoms with Gasteiger partial charge in [0.1, 0.15) is 0 Å². The minimum absolute atomic E-state index is 0. The average molecular weight is 408 g/mol. The van der Waals surface area contributed by atoms with Crippen molar-refractivity contribution in [2.45, 2.75) is 69.5 Å². The molecular weight excluding hydrogens is 373 g/mol. The number of nitrogens with one attached hydrogen (secondary N) is 2. The third-order valence-electron chi connectivity index (χ3n) is 6.65. The Labute approximate surface area is 170 Å². The number of carbonyl (C=O) groups excluding carboxylic acids is 1. The second-order valence-corrected chi connectivity index (χ2v) is 8.42. The maximum atomic E-state index is 12.6. The number of hydrogen-bond donors (Lipinski definition) is 2. The van der Waals surface area contributed by atoms with Crippen LogP contribution in [0.2, 0.25) is 0 Å². The molecule has 152 valence electrons. The quantitative estimate of drug-likeness (QED) is 0.750. The lowest BCUT2D eigenvalue weighted by Gasteiger charge is -2.34. The summed E-state index contributed by atoms with van der Waals surface area (Å²) in [6.45, 7) is 5.28. The molecule has 1 saturated carbocycles. The number of nitrogens with zero attached hydrogens (tertiary/aromatic N) is 1. The van der Waals surface area contributed by atoms with E-state index in [1.165, 1.54) is 38.6 Å². The molecule has 0 aromatic carbocycles. The molecule has 1 aliphatic carbocycles. The van der Waals surface area contributed by atoms with Crippen molar-refractivity contribution < 1.29 is 9.53 Å². The third kappa shape index (κ3) is 5.48. The molecule has 3 heterocycles. The van der Waals surface area contributed by atoms with Crippen molar-refractivity contribution in [1.82, 2.24) is 15.5 Å². The van der Waals surface area contributed by atoms with Crippen LogP contribution < -0.4 is 10.6 Å². The first-order valence-electron chi connectivity index (χ1n) is 10.1. The molecule has 0 aromatic heterocycles. The summed E-state index contributed by atoms with van der Waals surface area (Å²) in [4.78, 5) is 15.2. The Morgan fingerprint density at radius 3 is 2.54 bits per heavy atom. The molecule has 3 saturated heterocycles. The molecule has 7 heteroatoms. The molecule has 4 unspecified atom stereocenters. The molecule has 4 aliphatic rings.